The van der Waals surface area contributed by atoms with E-state index in [4.69, 9.17) is 17.0 Å². The molecular formula is C16H20N2OS. The summed E-state index contributed by atoms with van der Waals surface area (Å²) in [4.78, 5) is 4.32. The molecule has 1 unspecified atom stereocenters. The number of benzene rings is 1. The van der Waals surface area contributed by atoms with Crippen LogP contribution in [0.25, 0.3) is 0 Å². The second kappa shape index (κ2) is 5.17. The number of thiocarbonyl (C=S) groups is 1. The maximum atomic E-state index is 5.46. The van der Waals surface area contributed by atoms with E-state index in [1.165, 1.54) is 16.7 Å². The lowest BCUT2D eigenvalue weighted by atomic mass is 9.82. The van der Waals surface area contributed by atoms with Crippen molar-refractivity contribution >= 4 is 23.6 Å². The number of amidine groups is 1. The van der Waals surface area contributed by atoms with Crippen molar-refractivity contribution in [3.05, 3.63) is 34.9 Å². The van der Waals surface area contributed by atoms with Gasteiger partial charge in [0.25, 0.3) is 6.02 Å². The number of hydrogen-bond donors (Lipinski definition) is 1. The Morgan fingerprint density at radius 1 is 1.45 bits per heavy atom. The number of ether oxygens (including phenoxy) is 1. The van der Waals surface area contributed by atoms with E-state index in [0.29, 0.717) is 18.7 Å². The maximum Gasteiger partial charge on any atom is 0.285 e. The molecule has 0 saturated heterocycles. The first-order valence-electron chi connectivity index (χ1n) is 7.14. The normalized spacial score (nSPS) is 21.1. The summed E-state index contributed by atoms with van der Waals surface area (Å²) in [6, 6.07) is 7.54. The lowest BCUT2D eigenvalue weighted by Gasteiger charge is -2.23. The molecule has 4 heteroatoms. The van der Waals surface area contributed by atoms with Crippen LogP contribution in [0.1, 0.15) is 43.0 Å². The molecule has 0 radical (unpaired) electrons. The molecule has 1 aromatic rings. The van der Waals surface area contributed by atoms with Gasteiger partial charge in [-0.2, -0.15) is 0 Å². The van der Waals surface area contributed by atoms with Crippen molar-refractivity contribution in [2.45, 2.75) is 38.1 Å². The summed E-state index contributed by atoms with van der Waals surface area (Å²) in [7, 11) is 0. The van der Waals surface area contributed by atoms with Gasteiger partial charge in [0, 0.05) is 5.41 Å². The van der Waals surface area contributed by atoms with Gasteiger partial charge in [-0.25, -0.2) is 4.99 Å². The molecule has 1 aliphatic carbocycles. The van der Waals surface area contributed by atoms with E-state index in [-0.39, 0.29) is 5.41 Å². The van der Waals surface area contributed by atoms with Crippen LogP contribution in [0.2, 0.25) is 0 Å². The SMILES string of the molecule is CC(C)(C=S)c1cccc2c1CCC2NC1=NCCO1. The van der Waals surface area contributed by atoms with Crippen molar-refractivity contribution in [3.8, 4) is 0 Å². The molecule has 1 heterocycles. The van der Waals surface area contributed by atoms with Gasteiger partial charge in [-0.1, -0.05) is 44.3 Å². The fourth-order valence-corrected chi connectivity index (χ4v) is 3.17. The molecule has 2 aliphatic rings. The highest BCUT2D eigenvalue weighted by Gasteiger charge is 2.30. The van der Waals surface area contributed by atoms with Gasteiger partial charge in [-0.15, -0.1) is 0 Å². The van der Waals surface area contributed by atoms with Gasteiger partial charge in [0.1, 0.15) is 6.61 Å². The number of aliphatic imine (C=N–C) groups is 1. The highest BCUT2D eigenvalue weighted by Crippen LogP contribution is 2.37. The monoisotopic (exact) mass is 288 g/mol. The molecule has 0 aromatic heterocycles. The van der Waals surface area contributed by atoms with Gasteiger partial charge in [-0.3, -0.25) is 0 Å². The highest BCUT2D eigenvalue weighted by molar-refractivity contribution is 7.79. The zero-order chi connectivity index (χ0) is 14.2. The van der Waals surface area contributed by atoms with Crippen molar-refractivity contribution in [3.63, 3.8) is 0 Å². The minimum Gasteiger partial charge on any atom is -0.463 e. The fraction of sp³-hybridized carbons (Fsp3) is 0.500. The summed E-state index contributed by atoms with van der Waals surface area (Å²) >= 11 is 5.21. The first kappa shape index (κ1) is 13.6. The summed E-state index contributed by atoms with van der Waals surface area (Å²) < 4.78 is 5.46. The average Bonchev–Trinajstić information content (AvgIpc) is 3.09. The zero-order valence-corrected chi connectivity index (χ0v) is 12.8. The molecule has 1 aliphatic heterocycles. The van der Waals surface area contributed by atoms with E-state index in [1.54, 1.807) is 0 Å². The van der Waals surface area contributed by atoms with Crippen molar-refractivity contribution in [2.24, 2.45) is 4.99 Å². The Kier molecular flexibility index (Phi) is 3.50. The van der Waals surface area contributed by atoms with E-state index in [1.807, 2.05) is 5.37 Å². The second-order valence-electron chi connectivity index (χ2n) is 5.98. The molecule has 3 rings (SSSR count). The van der Waals surface area contributed by atoms with Gasteiger partial charge in [0.2, 0.25) is 0 Å². The summed E-state index contributed by atoms with van der Waals surface area (Å²) in [5, 5.41) is 5.29. The summed E-state index contributed by atoms with van der Waals surface area (Å²) in [5.74, 6) is 0. The van der Waals surface area contributed by atoms with Crippen LogP contribution in [-0.2, 0) is 16.6 Å². The molecule has 0 amide bonds. The Hall–Kier alpha value is -1.42. The molecule has 0 fully saturated rings. The first-order valence-corrected chi connectivity index (χ1v) is 7.61. The third-order valence-corrected chi connectivity index (χ3v) is 4.73. The third kappa shape index (κ3) is 2.33. The highest BCUT2D eigenvalue weighted by atomic mass is 32.1. The van der Waals surface area contributed by atoms with E-state index in [2.05, 4.69) is 42.4 Å². The minimum atomic E-state index is -0.0586. The number of hydrogen-bond acceptors (Lipinski definition) is 4. The van der Waals surface area contributed by atoms with Gasteiger partial charge in [0.05, 0.1) is 12.6 Å². The molecule has 0 spiro atoms. The Bertz CT molecular complexity index is 566. The fourth-order valence-electron chi connectivity index (χ4n) is 3.04. The molecule has 20 heavy (non-hydrogen) atoms. The molecule has 3 nitrogen and oxygen atoms in total. The molecule has 0 bridgehead atoms. The Labute approximate surface area is 125 Å². The minimum absolute atomic E-state index is 0.0586. The predicted molar refractivity (Wildman–Crippen MR) is 85.6 cm³/mol. The number of nitrogens with one attached hydrogen (secondary N) is 1. The van der Waals surface area contributed by atoms with E-state index in [0.717, 1.165) is 19.4 Å². The van der Waals surface area contributed by atoms with Crippen LogP contribution in [0.3, 0.4) is 0 Å². The Morgan fingerprint density at radius 3 is 3.00 bits per heavy atom. The third-order valence-electron chi connectivity index (χ3n) is 4.14. The topological polar surface area (TPSA) is 33.6 Å². The van der Waals surface area contributed by atoms with Crippen LogP contribution in [0.5, 0.6) is 0 Å². The number of nitrogens with zero attached hydrogens (tertiary/aromatic N) is 1. The summed E-state index contributed by atoms with van der Waals surface area (Å²) in [6.45, 7) is 5.82. The smallest absolute Gasteiger partial charge is 0.285 e. The standard InChI is InChI=1S/C16H20N2OS/c1-16(2,10-20)13-5-3-4-12-11(13)6-7-14(12)18-15-17-8-9-19-15/h3-5,10,14H,6-9H2,1-2H3,(H,17,18). The quantitative estimate of drug-likeness (QED) is 0.868. The van der Waals surface area contributed by atoms with E-state index in [9.17, 15) is 0 Å². The molecule has 1 N–H and O–H groups in total. The largest absolute Gasteiger partial charge is 0.463 e. The van der Waals surface area contributed by atoms with Crippen LogP contribution in [-0.4, -0.2) is 24.5 Å². The van der Waals surface area contributed by atoms with Crippen LogP contribution >= 0.6 is 12.2 Å². The van der Waals surface area contributed by atoms with Crippen LogP contribution < -0.4 is 5.32 Å². The predicted octanol–water partition coefficient (Wildman–Crippen LogP) is 2.93. The van der Waals surface area contributed by atoms with E-state index >= 15 is 0 Å². The Balaban J connectivity index is 1.90. The molecule has 1 atom stereocenters. The van der Waals surface area contributed by atoms with Crippen LogP contribution in [0.4, 0.5) is 0 Å². The summed E-state index contributed by atoms with van der Waals surface area (Å²) in [5.41, 5.74) is 4.10. The number of fused-ring (bicyclic) bond motifs is 1. The van der Waals surface area contributed by atoms with Gasteiger partial charge in [0.15, 0.2) is 0 Å². The lowest BCUT2D eigenvalue weighted by Crippen LogP contribution is -2.27. The van der Waals surface area contributed by atoms with Gasteiger partial charge < -0.3 is 10.1 Å². The lowest BCUT2D eigenvalue weighted by molar-refractivity contribution is 0.325. The maximum absolute atomic E-state index is 5.46. The molecule has 106 valence electrons. The zero-order valence-electron chi connectivity index (χ0n) is 12.0. The van der Waals surface area contributed by atoms with Crippen molar-refractivity contribution in [1.82, 2.24) is 5.32 Å². The van der Waals surface area contributed by atoms with E-state index < -0.39 is 0 Å². The Morgan fingerprint density at radius 2 is 2.30 bits per heavy atom. The second-order valence-corrected chi connectivity index (χ2v) is 6.22. The molecule has 0 saturated carbocycles. The molecule has 1 aromatic carbocycles. The average molecular weight is 288 g/mol. The van der Waals surface area contributed by atoms with Crippen LogP contribution in [0, 0.1) is 0 Å². The first-order chi connectivity index (χ1) is 9.62. The van der Waals surface area contributed by atoms with Gasteiger partial charge >= 0.3 is 0 Å². The van der Waals surface area contributed by atoms with Crippen LogP contribution in [0.15, 0.2) is 23.2 Å². The van der Waals surface area contributed by atoms with Crippen molar-refractivity contribution in [2.75, 3.05) is 13.2 Å². The van der Waals surface area contributed by atoms with Gasteiger partial charge in [-0.05, 0) is 34.9 Å². The molecular weight excluding hydrogens is 268 g/mol. The van der Waals surface area contributed by atoms with Crippen molar-refractivity contribution in [1.29, 1.82) is 0 Å². The number of rotatable bonds is 3. The van der Waals surface area contributed by atoms with Crippen molar-refractivity contribution < 1.29 is 4.74 Å². The summed E-state index contributed by atoms with van der Waals surface area (Å²) in [6.07, 6.45) is 2.17.